The van der Waals surface area contributed by atoms with E-state index in [4.69, 9.17) is 9.47 Å². The second kappa shape index (κ2) is 7.44. The maximum atomic E-state index is 12.4. The minimum absolute atomic E-state index is 0.127. The molecular weight excluding hydrogens is 308 g/mol. The molecule has 2 aromatic carbocycles. The first kappa shape index (κ1) is 16.5. The van der Waals surface area contributed by atoms with Crippen LogP contribution in [0, 0.1) is 0 Å². The average molecular weight is 323 g/mol. The zero-order valence-corrected chi connectivity index (χ0v) is 12.5. The molecule has 0 heterocycles. The van der Waals surface area contributed by atoms with Crippen LogP contribution in [0.25, 0.3) is 0 Å². The SMILES string of the molecule is COc1ccc(OC)c(C(=O)Nc2ccccc2OC(F)F)c1. The van der Waals surface area contributed by atoms with Gasteiger partial charge in [0.05, 0.1) is 25.5 Å². The summed E-state index contributed by atoms with van der Waals surface area (Å²) in [7, 11) is 2.89. The minimum atomic E-state index is -2.99. The number of ether oxygens (including phenoxy) is 3. The van der Waals surface area contributed by atoms with Crippen molar-refractivity contribution in [2.24, 2.45) is 0 Å². The van der Waals surface area contributed by atoms with E-state index in [0.29, 0.717) is 11.5 Å². The van der Waals surface area contributed by atoms with Crippen LogP contribution in [0.2, 0.25) is 0 Å². The molecule has 0 saturated heterocycles. The largest absolute Gasteiger partial charge is 0.497 e. The van der Waals surface area contributed by atoms with Crippen LogP contribution in [0.1, 0.15) is 10.4 Å². The number of anilines is 1. The fraction of sp³-hybridized carbons (Fsp3) is 0.188. The first-order valence-corrected chi connectivity index (χ1v) is 6.62. The lowest BCUT2D eigenvalue weighted by Crippen LogP contribution is -2.15. The molecule has 0 bridgehead atoms. The first-order valence-electron chi connectivity index (χ1n) is 6.62. The van der Waals surface area contributed by atoms with E-state index >= 15 is 0 Å². The molecule has 0 spiro atoms. The smallest absolute Gasteiger partial charge is 0.387 e. The Labute approximate surface area is 131 Å². The molecule has 122 valence electrons. The van der Waals surface area contributed by atoms with Crippen LogP contribution in [0.5, 0.6) is 17.2 Å². The second-order valence-corrected chi connectivity index (χ2v) is 4.40. The highest BCUT2D eigenvalue weighted by Crippen LogP contribution is 2.29. The van der Waals surface area contributed by atoms with Crippen molar-refractivity contribution < 1.29 is 27.8 Å². The van der Waals surface area contributed by atoms with Gasteiger partial charge < -0.3 is 19.5 Å². The van der Waals surface area contributed by atoms with Crippen LogP contribution in [0.15, 0.2) is 42.5 Å². The zero-order chi connectivity index (χ0) is 16.8. The highest BCUT2D eigenvalue weighted by atomic mass is 19.3. The van der Waals surface area contributed by atoms with Gasteiger partial charge in [0.2, 0.25) is 0 Å². The number of methoxy groups -OCH3 is 2. The Bertz CT molecular complexity index is 692. The normalized spacial score (nSPS) is 10.3. The van der Waals surface area contributed by atoms with Crippen molar-refractivity contribution in [1.29, 1.82) is 0 Å². The fourth-order valence-corrected chi connectivity index (χ4v) is 1.95. The van der Waals surface area contributed by atoms with E-state index in [1.54, 1.807) is 18.2 Å². The molecule has 5 nitrogen and oxygen atoms in total. The van der Waals surface area contributed by atoms with Gasteiger partial charge >= 0.3 is 6.61 Å². The zero-order valence-electron chi connectivity index (χ0n) is 12.5. The Morgan fingerprint density at radius 2 is 1.78 bits per heavy atom. The number of halogens is 2. The molecule has 1 N–H and O–H groups in total. The van der Waals surface area contributed by atoms with Crippen LogP contribution in [-0.4, -0.2) is 26.7 Å². The van der Waals surface area contributed by atoms with Gasteiger partial charge in [-0.25, -0.2) is 0 Å². The van der Waals surface area contributed by atoms with Gasteiger partial charge in [0, 0.05) is 0 Å². The van der Waals surface area contributed by atoms with E-state index < -0.39 is 12.5 Å². The summed E-state index contributed by atoms with van der Waals surface area (Å²) in [5, 5.41) is 2.53. The standard InChI is InChI=1S/C16H15F2NO4/c1-21-10-7-8-13(22-2)11(9-10)15(20)19-12-5-3-4-6-14(12)23-16(17)18/h3-9,16H,1-2H3,(H,19,20). The molecule has 0 atom stereocenters. The maximum absolute atomic E-state index is 12.4. The van der Waals surface area contributed by atoms with E-state index in [1.807, 2.05) is 0 Å². The molecule has 23 heavy (non-hydrogen) atoms. The highest BCUT2D eigenvalue weighted by Gasteiger charge is 2.16. The Balaban J connectivity index is 2.29. The molecule has 7 heteroatoms. The summed E-state index contributed by atoms with van der Waals surface area (Å²) in [6.45, 7) is -2.99. The van der Waals surface area contributed by atoms with E-state index in [-0.39, 0.29) is 17.0 Å². The minimum Gasteiger partial charge on any atom is -0.497 e. The molecule has 1 amide bonds. The summed E-state index contributed by atoms with van der Waals surface area (Å²) in [6.07, 6.45) is 0. The molecule has 0 fully saturated rings. The lowest BCUT2D eigenvalue weighted by Gasteiger charge is -2.13. The summed E-state index contributed by atoms with van der Waals surface area (Å²) in [5.74, 6) is 0.132. The number of amides is 1. The first-order chi connectivity index (χ1) is 11.0. The van der Waals surface area contributed by atoms with E-state index in [0.717, 1.165) is 0 Å². The van der Waals surface area contributed by atoms with Crippen molar-refractivity contribution in [1.82, 2.24) is 0 Å². The Kier molecular flexibility index (Phi) is 5.35. The van der Waals surface area contributed by atoms with Gasteiger partial charge in [-0.3, -0.25) is 4.79 Å². The third kappa shape index (κ3) is 4.09. The topological polar surface area (TPSA) is 56.8 Å². The fourth-order valence-electron chi connectivity index (χ4n) is 1.95. The third-order valence-electron chi connectivity index (χ3n) is 3.00. The Morgan fingerprint density at radius 1 is 1.04 bits per heavy atom. The van der Waals surface area contributed by atoms with Crippen LogP contribution in [0.4, 0.5) is 14.5 Å². The number of rotatable bonds is 6. The van der Waals surface area contributed by atoms with Gasteiger partial charge in [0.25, 0.3) is 5.91 Å². The lowest BCUT2D eigenvalue weighted by atomic mass is 10.1. The monoisotopic (exact) mass is 323 g/mol. The molecule has 0 aliphatic heterocycles. The average Bonchev–Trinajstić information content (AvgIpc) is 2.55. The number of alkyl halides is 2. The number of carbonyl (C=O) groups is 1. The Morgan fingerprint density at radius 3 is 2.43 bits per heavy atom. The summed E-state index contributed by atoms with van der Waals surface area (Å²) >= 11 is 0. The van der Waals surface area contributed by atoms with Gasteiger partial charge in [-0.15, -0.1) is 0 Å². The molecule has 0 saturated carbocycles. The van der Waals surface area contributed by atoms with Gasteiger partial charge in [-0.05, 0) is 30.3 Å². The highest BCUT2D eigenvalue weighted by molar-refractivity contribution is 6.07. The van der Waals surface area contributed by atoms with Gasteiger partial charge in [-0.2, -0.15) is 8.78 Å². The predicted molar refractivity (Wildman–Crippen MR) is 80.6 cm³/mol. The van der Waals surface area contributed by atoms with Gasteiger partial charge in [0.15, 0.2) is 0 Å². The molecule has 0 unspecified atom stereocenters. The summed E-state index contributed by atoms with van der Waals surface area (Å²) < 4.78 is 39.4. The van der Waals surface area contributed by atoms with E-state index in [2.05, 4.69) is 10.1 Å². The quantitative estimate of drug-likeness (QED) is 0.883. The summed E-state index contributed by atoms with van der Waals surface area (Å²) in [4.78, 5) is 12.4. The molecule has 0 aliphatic carbocycles. The van der Waals surface area contributed by atoms with Crippen molar-refractivity contribution in [2.75, 3.05) is 19.5 Å². The number of hydrogen-bond acceptors (Lipinski definition) is 4. The number of hydrogen-bond donors (Lipinski definition) is 1. The molecule has 0 radical (unpaired) electrons. The van der Waals surface area contributed by atoms with E-state index in [9.17, 15) is 13.6 Å². The van der Waals surface area contributed by atoms with Crippen molar-refractivity contribution in [3.8, 4) is 17.2 Å². The predicted octanol–water partition coefficient (Wildman–Crippen LogP) is 3.56. The van der Waals surface area contributed by atoms with Crippen molar-refractivity contribution in [3.63, 3.8) is 0 Å². The van der Waals surface area contributed by atoms with Crippen molar-refractivity contribution >= 4 is 11.6 Å². The molecule has 2 rings (SSSR count). The van der Waals surface area contributed by atoms with Crippen LogP contribution >= 0.6 is 0 Å². The van der Waals surface area contributed by atoms with Gasteiger partial charge in [-0.1, -0.05) is 12.1 Å². The van der Waals surface area contributed by atoms with Crippen molar-refractivity contribution in [2.45, 2.75) is 6.61 Å². The van der Waals surface area contributed by atoms with Crippen LogP contribution in [0.3, 0.4) is 0 Å². The lowest BCUT2D eigenvalue weighted by molar-refractivity contribution is -0.0493. The summed E-state index contributed by atoms with van der Waals surface area (Å²) in [6, 6.07) is 10.6. The number of benzene rings is 2. The van der Waals surface area contributed by atoms with Gasteiger partial charge in [0.1, 0.15) is 17.2 Å². The molecule has 0 aliphatic rings. The Hall–Kier alpha value is -2.83. The maximum Gasteiger partial charge on any atom is 0.387 e. The molecular formula is C16H15F2NO4. The second-order valence-electron chi connectivity index (χ2n) is 4.40. The summed E-state index contributed by atoms with van der Waals surface area (Å²) in [5.41, 5.74) is 0.335. The molecule has 0 aromatic heterocycles. The molecule has 2 aromatic rings. The van der Waals surface area contributed by atoms with E-state index in [1.165, 1.54) is 38.5 Å². The van der Waals surface area contributed by atoms with Crippen molar-refractivity contribution in [3.05, 3.63) is 48.0 Å². The van der Waals surface area contributed by atoms with Crippen LogP contribution in [-0.2, 0) is 0 Å². The number of nitrogens with one attached hydrogen (secondary N) is 1. The number of para-hydroxylation sites is 2. The number of carbonyl (C=O) groups excluding carboxylic acids is 1. The third-order valence-corrected chi connectivity index (χ3v) is 3.00. The van der Waals surface area contributed by atoms with Crippen LogP contribution < -0.4 is 19.5 Å².